The minimum atomic E-state index is -0.117. The number of nitrogens with zero attached hydrogens (tertiary/aromatic N) is 3. The van der Waals surface area contributed by atoms with Gasteiger partial charge < -0.3 is 19.4 Å². The number of hydrogen-bond donors (Lipinski definition) is 0. The molecule has 0 aromatic heterocycles. The summed E-state index contributed by atoms with van der Waals surface area (Å²) in [6.07, 6.45) is 4.69. The molecule has 1 aromatic carbocycles. The summed E-state index contributed by atoms with van der Waals surface area (Å²) in [6, 6.07) is 9.73. The number of ether oxygens (including phenoxy) is 1. The van der Waals surface area contributed by atoms with Crippen molar-refractivity contribution in [2.45, 2.75) is 31.2 Å². The van der Waals surface area contributed by atoms with Crippen molar-refractivity contribution in [3.8, 4) is 0 Å². The molecular formula is C22H33N3O2. The SMILES string of the molecule is CN1CCC(CN2CCC3(CC2)COCCN3C(=O)c2ccccc2)CC1. The van der Waals surface area contributed by atoms with Crippen LogP contribution < -0.4 is 0 Å². The first-order chi connectivity index (χ1) is 13.2. The van der Waals surface area contributed by atoms with Crippen molar-refractivity contribution in [1.82, 2.24) is 14.7 Å². The number of hydrogen-bond acceptors (Lipinski definition) is 4. The van der Waals surface area contributed by atoms with Gasteiger partial charge in [0.1, 0.15) is 0 Å². The van der Waals surface area contributed by atoms with Crippen LogP contribution in [-0.4, -0.2) is 85.7 Å². The third kappa shape index (κ3) is 4.20. The molecule has 1 spiro atoms. The van der Waals surface area contributed by atoms with E-state index in [1.807, 2.05) is 30.3 Å². The number of carbonyl (C=O) groups is 1. The average molecular weight is 372 g/mol. The van der Waals surface area contributed by atoms with E-state index in [2.05, 4.69) is 21.7 Å². The van der Waals surface area contributed by atoms with E-state index in [-0.39, 0.29) is 11.4 Å². The Labute approximate surface area is 163 Å². The van der Waals surface area contributed by atoms with Gasteiger partial charge in [-0.3, -0.25) is 4.79 Å². The van der Waals surface area contributed by atoms with Crippen LogP contribution in [0, 0.1) is 5.92 Å². The maximum Gasteiger partial charge on any atom is 0.254 e. The van der Waals surface area contributed by atoms with E-state index < -0.39 is 0 Å². The van der Waals surface area contributed by atoms with Gasteiger partial charge in [0.05, 0.1) is 18.8 Å². The van der Waals surface area contributed by atoms with Gasteiger partial charge in [-0.25, -0.2) is 0 Å². The molecule has 1 amide bonds. The Hall–Kier alpha value is -1.43. The number of carbonyl (C=O) groups excluding carboxylic acids is 1. The van der Waals surface area contributed by atoms with E-state index in [0.29, 0.717) is 19.8 Å². The summed E-state index contributed by atoms with van der Waals surface area (Å²) in [4.78, 5) is 20.3. The summed E-state index contributed by atoms with van der Waals surface area (Å²) in [7, 11) is 2.22. The third-order valence-electron chi connectivity index (χ3n) is 6.81. The van der Waals surface area contributed by atoms with Gasteiger partial charge in [-0.1, -0.05) is 18.2 Å². The zero-order valence-electron chi connectivity index (χ0n) is 16.6. The summed E-state index contributed by atoms with van der Waals surface area (Å²) in [5.74, 6) is 1.00. The lowest BCUT2D eigenvalue weighted by molar-refractivity contribution is -0.0791. The fourth-order valence-electron chi connectivity index (χ4n) is 4.96. The largest absolute Gasteiger partial charge is 0.377 e. The first-order valence-electron chi connectivity index (χ1n) is 10.5. The monoisotopic (exact) mass is 371 g/mol. The second kappa shape index (κ2) is 8.29. The summed E-state index contributed by atoms with van der Waals surface area (Å²) in [5, 5.41) is 0. The standard InChI is InChI=1S/C22H33N3O2/c1-23-11-7-19(8-12-23)17-24-13-9-22(10-14-24)18-27-16-15-25(22)21(26)20-5-3-2-4-6-20/h2-6,19H,7-18H2,1H3. The lowest BCUT2D eigenvalue weighted by Crippen LogP contribution is -2.63. The number of benzene rings is 1. The second-order valence-corrected chi connectivity index (χ2v) is 8.65. The Bertz CT molecular complexity index is 620. The highest BCUT2D eigenvalue weighted by molar-refractivity contribution is 5.94. The molecule has 0 atom stereocenters. The van der Waals surface area contributed by atoms with Crippen LogP contribution >= 0.6 is 0 Å². The molecule has 5 heteroatoms. The maximum absolute atomic E-state index is 13.2. The smallest absolute Gasteiger partial charge is 0.254 e. The van der Waals surface area contributed by atoms with E-state index in [4.69, 9.17) is 4.74 Å². The number of rotatable bonds is 3. The third-order valence-corrected chi connectivity index (χ3v) is 6.81. The van der Waals surface area contributed by atoms with Crippen LogP contribution in [0.15, 0.2) is 30.3 Å². The highest BCUT2D eigenvalue weighted by Gasteiger charge is 2.44. The van der Waals surface area contributed by atoms with Crippen molar-refractivity contribution in [3.63, 3.8) is 0 Å². The van der Waals surface area contributed by atoms with E-state index in [9.17, 15) is 4.79 Å². The summed E-state index contributed by atoms with van der Waals surface area (Å²) in [5.41, 5.74) is 0.682. The van der Waals surface area contributed by atoms with Crippen LogP contribution in [0.1, 0.15) is 36.0 Å². The summed E-state index contributed by atoms with van der Waals surface area (Å²) >= 11 is 0. The quantitative estimate of drug-likeness (QED) is 0.817. The average Bonchev–Trinajstić information content (AvgIpc) is 2.72. The Morgan fingerprint density at radius 2 is 1.78 bits per heavy atom. The molecule has 5 nitrogen and oxygen atoms in total. The van der Waals surface area contributed by atoms with Gasteiger partial charge in [0.25, 0.3) is 5.91 Å². The number of morpholine rings is 1. The Kier molecular flexibility index (Phi) is 5.81. The zero-order chi connectivity index (χ0) is 18.7. The van der Waals surface area contributed by atoms with Crippen molar-refractivity contribution in [2.24, 2.45) is 5.92 Å². The lowest BCUT2D eigenvalue weighted by atomic mass is 9.84. The fourth-order valence-corrected chi connectivity index (χ4v) is 4.96. The van der Waals surface area contributed by atoms with E-state index in [0.717, 1.165) is 37.4 Å². The van der Waals surface area contributed by atoms with Gasteiger partial charge in [0.2, 0.25) is 0 Å². The molecule has 0 aliphatic carbocycles. The molecule has 3 fully saturated rings. The molecule has 3 heterocycles. The molecule has 1 aromatic rings. The van der Waals surface area contributed by atoms with Gasteiger partial charge in [0, 0.05) is 31.7 Å². The van der Waals surface area contributed by atoms with Gasteiger partial charge in [-0.05, 0) is 63.9 Å². The van der Waals surface area contributed by atoms with E-state index in [1.54, 1.807) is 0 Å². The molecule has 3 saturated heterocycles. The summed E-state index contributed by atoms with van der Waals surface area (Å²) < 4.78 is 5.86. The molecule has 27 heavy (non-hydrogen) atoms. The molecule has 4 rings (SSSR count). The van der Waals surface area contributed by atoms with Crippen molar-refractivity contribution in [1.29, 1.82) is 0 Å². The Balaban J connectivity index is 1.38. The predicted octanol–water partition coefficient (Wildman–Crippen LogP) is 2.34. The number of piperidine rings is 2. The van der Waals surface area contributed by atoms with Gasteiger partial charge in [0.15, 0.2) is 0 Å². The van der Waals surface area contributed by atoms with Crippen LogP contribution in [0.2, 0.25) is 0 Å². The van der Waals surface area contributed by atoms with Crippen molar-refractivity contribution in [2.75, 3.05) is 59.5 Å². The maximum atomic E-state index is 13.2. The molecule has 148 valence electrons. The molecule has 0 N–H and O–H groups in total. The fraction of sp³-hybridized carbons (Fsp3) is 0.682. The molecule has 0 bridgehead atoms. The normalized spacial score (nSPS) is 25.0. The predicted molar refractivity (Wildman–Crippen MR) is 107 cm³/mol. The second-order valence-electron chi connectivity index (χ2n) is 8.65. The molecule has 0 unspecified atom stereocenters. The number of likely N-dealkylation sites (tertiary alicyclic amines) is 2. The van der Waals surface area contributed by atoms with Crippen LogP contribution in [-0.2, 0) is 4.74 Å². The molecule has 3 aliphatic heterocycles. The van der Waals surface area contributed by atoms with Crippen LogP contribution in [0.3, 0.4) is 0 Å². The van der Waals surface area contributed by atoms with Crippen LogP contribution in [0.4, 0.5) is 0 Å². The van der Waals surface area contributed by atoms with Gasteiger partial charge >= 0.3 is 0 Å². The summed E-state index contributed by atoms with van der Waals surface area (Å²) in [6.45, 7) is 7.89. The van der Waals surface area contributed by atoms with E-state index in [1.165, 1.54) is 32.5 Å². The zero-order valence-corrected chi connectivity index (χ0v) is 16.6. The first kappa shape index (κ1) is 18.9. The van der Waals surface area contributed by atoms with Crippen LogP contribution in [0.25, 0.3) is 0 Å². The van der Waals surface area contributed by atoms with Gasteiger partial charge in [-0.2, -0.15) is 0 Å². The number of amides is 1. The lowest BCUT2D eigenvalue weighted by Gasteiger charge is -2.51. The Morgan fingerprint density at radius 1 is 1.07 bits per heavy atom. The topological polar surface area (TPSA) is 36.0 Å². The first-order valence-corrected chi connectivity index (χ1v) is 10.5. The van der Waals surface area contributed by atoms with Crippen molar-refractivity contribution < 1.29 is 9.53 Å². The van der Waals surface area contributed by atoms with Gasteiger partial charge in [-0.15, -0.1) is 0 Å². The van der Waals surface area contributed by atoms with Crippen molar-refractivity contribution >= 4 is 5.91 Å². The minimum Gasteiger partial charge on any atom is -0.377 e. The molecule has 0 saturated carbocycles. The van der Waals surface area contributed by atoms with E-state index >= 15 is 0 Å². The highest BCUT2D eigenvalue weighted by Crippen LogP contribution is 2.33. The minimum absolute atomic E-state index is 0.117. The molecular weight excluding hydrogens is 338 g/mol. The molecule has 0 radical (unpaired) electrons. The van der Waals surface area contributed by atoms with Crippen LogP contribution in [0.5, 0.6) is 0 Å². The molecule has 3 aliphatic rings. The Morgan fingerprint density at radius 3 is 2.48 bits per heavy atom. The van der Waals surface area contributed by atoms with Crippen molar-refractivity contribution in [3.05, 3.63) is 35.9 Å². The highest BCUT2D eigenvalue weighted by atomic mass is 16.5.